The molecule has 1 aliphatic rings. The van der Waals surface area contributed by atoms with Gasteiger partial charge in [0.05, 0.1) is 11.4 Å². The topological polar surface area (TPSA) is 66.5 Å². The van der Waals surface area contributed by atoms with Crippen molar-refractivity contribution >= 4 is 21.6 Å². The number of rotatable bonds is 4. The van der Waals surface area contributed by atoms with E-state index in [0.29, 0.717) is 6.54 Å². The van der Waals surface area contributed by atoms with Crippen LogP contribution in [0.4, 0.5) is 10.1 Å². The predicted octanol–water partition coefficient (Wildman–Crippen LogP) is 2.39. The van der Waals surface area contributed by atoms with E-state index in [9.17, 15) is 17.6 Å². The van der Waals surface area contributed by atoms with Crippen molar-refractivity contribution in [2.45, 2.75) is 24.7 Å². The number of carbonyl (C=O) groups is 1. The number of hydrogen-bond acceptors (Lipinski definition) is 3. The summed E-state index contributed by atoms with van der Waals surface area (Å²) < 4.78 is 40.3. The number of aryl methyl sites for hydroxylation is 2. The number of sulfonamides is 1. The van der Waals surface area contributed by atoms with Crippen molar-refractivity contribution < 1.29 is 17.6 Å². The van der Waals surface area contributed by atoms with E-state index < -0.39 is 15.8 Å². The minimum Gasteiger partial charge on any atom is -0.311 e. The van der Waals surface area contributed by atoms with Crippen molar-refractivity contribution in [2.24, 2.45) is 0 Å². The van der Waals surface area contributed by atoms with Gasteiger partial charge in [-0.05, 0) is 55.2 Å². The highest BCUT2D eigenvalue weighted by molar-refractivity contribution is 7.89. The minimum atomic E-state index is -3.87. The summed E-state index contributed by atoms with van der Waals surface area (Å²) in [5, 5.41) is 0. The van der Waals surface area contributed by atoms with Crippen LogP contribution in [0.2, 0.25) is 0 Å². The van der Waals surface area contributed by atoms with E-state index in [-0.39, 0.29) is 22.9 Å². The lowest BCUT2D eigenvalue weighted by Crippen LogP contribution is -2.42. The number of hydrogen-bond donors (Lipinski definition) is 1. The number of fused-ring (bicyclic) bond motifs is 1. The number of benzene rings is 2. The Bertz CT molecular complexity index is 912. The zero-order valence-corrected chi connectivity index (χ0v) is 14.6. The number of nitrogens with one attached hydrogen (secondary N) is 1. The predicted molar refractivity (Wildman–Crippen MR) is 93.4 cm³/mol. The van der Waals surface area contributed by atoms with E-state index in [1.54, 1.807) is 4.90 Å². The van der Waals surface area contributed by atoms with Crippen LogP contribution in [0, 0.1) is 12.7 Å². The second kappa shape index (κ2) is 6.93. The zero-order chi connectivity index (χ0) is 18.0. The highest BCUT2D eigenvalue weighted by Crippen LogP contribution is 2.26. The number of carbonyl (C=O) groups excluding carboxylic acids is 1. The summed E-state index contributed by atoms with van der Waals surface area (Å²) in [4.78, 5) is 14.1. The van der Waals surface area contributed by atoms with Crippen LogP contribution in [0.5, 0.6) is 0 Å². The highest BCUT2D eigenvalue weighted by Gasteiger charge is 2.24. The number of para-hydroxylation sites is 1. The van der Waals surface area contributed by atoms with E-state index >= 15 is 0 Å². The van der Waals surface area contributed by atoms with Gasteiger partial charge in [-0.2, -0.15) is 0 Å². The Morgan fingerprint density at radius 2 is 2.00 bits per heavy atom. The van der Waals surface area contributed by atoms with Gasteiger partial charge in [-0.25, -0.2) is 17.5 Å². The van der Waals surface area contributed by atoms with Gasteiger partial charge in [-0.1, -0.05) is 18.2 Å². The van der Waals surface area contributed by atoms with E-state index in [4.69, 9.17) is 0 Å². The number of halogens is 1. The fourth-order valence-electron chi connectivity index (χ4n) is 2.91. The fraction of sp³-hybridized carbons (Fsp3) is 0.278. The van der Waals surface area contributed by atoms with Crippen LogP contribution in [0.3, 0.4) is 0 Å². The molecule has 1 heterocycles. The molecule has 1 N–H and O–H groups in total. The van der Waals surface area contributed by atoms with Crippen molar-refractivity contribution in [3.05, 3.63) is 59.4 Å². The maximum atomic E-state index is 13.3. The molecule has 3 rings (SSSR count). The van der Waals surface area contributed by atoms with Crippen molar-refractivity contribution in [3.63, 3.8) is 0 Å². The molecule has 0 fully saturated rings. The van der Waals surface area contributed by atoms with Gasteiger partial charge in [0.25, 0.3) is 0 Å². The Hall–Kier alpha value is -2.25. The summed E-state index contributed by atoms with van der Waals surface area (Å²) in [7, 11) is -3.87. The summed E-state index contributed by atoms with van der Waals surface area (Å²) in [6.45, 7) is 1.71. The van der Waals surface area contributed by atoms with Gasteiger partial charge in [-0.15, -0.1) is 0 Å². The lowest BCUT2D eigenvalue weighted by Gasteiger charge is -2.29. The van der Waals surface area contributed by atoms with Crippen LogP contribution in [0.1, 0.15) is 17.5 Å². The largest absolute Gasteiger partial charge is 0.311 e. The van der Waals surface area contributed by atoms with Gasteiger partial charge in [0, 0.05) is 12.2 Å². The molecule has 0 atom stereocenters. The molecular formula is C18H19FN2O3S. The second-order valence-corrected chi connectivity index (χ2v) is 7.78. The van der Waals surface area contributed by atoms with Crippen molar-refractivity contribution in [3.8, 4) is 0 Å². The van der Waals surface area contributed by atoms with E-state index in [1.807, 2.05) is 24.3 Å². The lowest BCUT2D eigenvalue weighted by atomic mass is 10.0. The van der Waals surface area contributed by atoms with Crippen molar-refractivity contribution in [1.82, 2.24) is 4.72 Å². The number of anilines is 1. The Balaban J connectivity index is 1.73. The maximum Gasteiger partial charge on any atom is 0.242 e. The molecular weight excluding hydrogens is 343 g/mol. The van der Waals surface area contributed by atoms with Crippen molar-refractivity contribution in [2.75, 3.05) is 18.0 Å². The molecule has 1 aliphatic heterocycles. The molecule has 0 spiro atoms. The van der Waals surface area contributed by atoms with Gasteiger partial charge in [0.1, 0.15) is 5.82 Å². The molecule has 5 nitrogen and oxygen atoms in total. The van der Waals surface area contributed by atoms with Crippen molar-refractivity contribution in [1.29, 1.82) is 0 Å². The van der Waals surface area contributed by atoms with Gasteiger partial charge >= 0.3 is 0 Å². The quantitative estimate of drug-likeness (QED) is 0.908. The first kappa shape index (κ1) is 17.6. The second-order valence-electron chi connectivity index (χ2n) is 6.01. The first-order valence-corrected chi connectivity index (χ1v) is 9.51. The summed E-state index contributed by atoms with van der Waals surface area (Å²) in [6.07, 6.45) is 1.74. The molecule has 25 heavy (non-hydrogen) atoms. The number of nitrogens with zero attached hydrogens (tertiary/aromatic N) is 1. The molecule has 0 bridgehead atoms. The normalized spacial score (nSPS) is 14.2. The van der Waals surface area contributed by atoms with Crippen LogP contribution < -0.4 is 9.62 Å². The zero-order valence-electron chi connectivity index (χ0n) is 13.8. The van der Waals surface area contributed by atoms with E-state index in [0.717, 1.165) is 30.2 Å². The standard InChI is InChI=1S/C18H19FN2O3S/c1-13-11-15(8-9-16(13)19)25(23,24)20-12-18(22)21-10-4-6-14-5-2-3-7-17(14)21/h2-3,5,7-9,11,20H,4,6,10,12H2,1H3. The Morgan fingerprint density at radius 1 is 1.24 bits per heavy atom. The number of amides is 1. The van der Waals surface area contributed by atoms with Crippen LogP contribution in [-0.4, -0.2) is 27.4 Å². The Morgan fingerprint density at radius 3 is 2.76 bits per heavy atom. The van der Waals surface area contributed by atoms with Gasteiger partial charge in [0.15, 0.2) is 0 Å². The molecule has 1 amide bonds. The summed E-state index contributed by atoms with van der Waals surface area (Å²) in [5.41, 5.74) is 2.15. The Labute approximate surface area is 146 Å². The average Bonchev–Trinajstić information content (AvgIpc) is 2.61. The van der Waals surface area contributed by atoms with Gasteiger partial charge in [-0.3, -0.25) is 4.79 Å². The monoisotopic (exact) mass is 362 g/mol. The maximum absolute atomic E-state index is 13.3. The summed E-state index contributed by atoms with van der Waals surface area (Å²) >= 11 is 0. The molecule has 0 radical (unpaired) electrons. The first-order chi connectivity index (χ1) is 11.9. The molecule has 0 saturated heterocycles. The van der Waals surface area contributed by atoms with Crippen LogP contribution >= 0.6 is 0 Å². The highest BCUT2D eigenvalue weighted by atomic mass is 32.2. The third-order valence-corrected chi connectivity index (χ3v) is 5.66. The molecule has 132 valence electrons. The van der Waals surface area contributed by atoms with Gasteiger partial charge < -0.3 is 4.90 Å². The minimum absolute atomic E-state index is 0.0572. The third-order valence-electron chi connectivity index (χ3n) is 4.26. The molecule has 2 aromatic rings. The van der Waals surface area contributed by atoms with Gasteiger partial charge in [0.2, 0.25) is 15.9 Å². The third kappa shape index (κ3) is 3.72. The lowest BCUT2D eigenvalue weighted by molar-refractivity contribution is -0.117. The average molecular weight is 362 g/mol. The summed E-state index contributed by atoms with van der Waals surface area (Å²) in [5.74, 6) is -0.783. The Kier molecular flexibility index (Phi) is 4.87. The molecule has 0 unspecified atom stereocenters. The summed E-state index contributed by atoms with van der Waals surface area (Å²) in [6, 6.07) is 11.2. The molecule has 2 aromatic carbocycles. The van der Waals surface area contributed by atoms with E-state index in [1.165, 1.54) is 19.1 Å². The molecule has 0 aromatic heterocycles. The molecule has 0 aliphatic carbocycles. The van der Waals surface area contributed by atoms with Crippen LogP contribution in [0.15, 0.2) is 47.4 Å². The smallest absolute Gasteiger partial charge is 0.242 e. The van der Waals surface area contributed by atoms with E-state index in [2.05, 4.69) is 4.72 Å². The van der Waals surface area contributed by atoms with Crippen LogP contribution in [0.25, 0.3) is 0 Å². The first-order valence-electron chi connectivity index (χ1n) is 8.02. The fourth-order valence-corrected chi connectivity index (χ4v) is 3.97. The SMILES string of the molecule is Cc1cc(S(=O)(=O)NCC(=O)N2CCCc3ccccc32)ccc1F. The van der Waals surface area contributed by atoms with Crippen LogP contribution in [-0.2, 0) is 21.2 Å². The molecule has 7 heteroatoms. The molecule has 0 saturated carbocycles.